The van der Waals surface area contributed by atoms with E-state index in [1.54, 1.807) is 6.92 Å². The molecule has 0 spiro atoms. The third-order valence-electron chi connectivity index (χ3n) is 2.92. The van der Waals surface area contributed by atoms with Crippen molar-refractivity contribution in [1.29, 1.82) is 0 Å². The highest BCUT2D eigenvalue weighted by Gasteiger charge is 2.17. The van der Waals surface area contributed by atoms with Gasteiger partial charge in [-0.25, -0.2) is 8.42 Å². The number of hydrogen-bond acceptors (Lipinski definition) is 5. The fraction of sp³-hybridized carbons (Fsp3) is 0.143. The molecule has 1 heterocycles. The summed E-state index contributed by atoms with van der Waals surface area (Å²) in [5, 5.41) is 11.1. The predicted molar refractivity (Wildman–Crippen MR) is 80.7 cm³/mol. The predicted octanol–water partition coefficient (Wildman–Crippen LogP) is 1.20. The number of carbonyl (C=O) groups excluding carboxylic acids is 1. The van der Waals surface area contributed by atoms with Crippen LogP contribution in [-0.4, -0.2) is 31.9 Å². The van der Waals surface area contributed by atoms with Crippen molar-refractivity contribution in [2.24, 2.45) is 0 Å². The zero-order chi connectivity index (χ0) is 17.0. The molecule has 0 unspecified atom stereocenters. The van der Waals surface area contributed by atoms with E-state index in [0.29, 0.717) is 11.3 Å². The van der Waals surface area contributed by atoms with Gasteiger partial charge in [0.15, 0.2) is 0 Å². The van der Waals surface area contributed by atoms with Crippen molar-refractivity contribution in [3.63, 3.8) is 0 Å². The summed E-state index contributed by atoms with van der Waals surface area (Å²) in [4.78, 5) is 22.4. The molecule has 2 aromatic rings. The Morgan fingerprint density at radius 2 is 2.00 bits per heavy atom. The van der Waals surface area contributed by atoms with Crippen molar-refractivity contribution in [3.8, 4) is 0 Å². The first-order chi connectivity index (χ1) is 10.8. The van der Waals surface area contributed by atoms with E-state index in [0.717, 1.165) is 0 Å². The zero-order valence-electron chi connectivity index (χ0n) is 12.1. The summed E-state index contributed by atoms with van der Waals surface area (Å²) >= 11 is 0. The third kappa shape index (κ3) is 4.18. The first-order valence-electron chi connectivity index (χ1n) is 6.46. The van der Waals surface area contributed by atoms with Gasteiger partial charge >= 0.3 is 5.97 Å². The van der Waals surface area contributed by atoms with Gasteiger partial charge in [0, 0.05) is 5.69 Å². The molecule has 23 heavy (non-hydrogen) atoms. The van der Waals surface area contributed by atoms with E-state index in [9.17, 15) is 18.0 Å². The monoisotopic (exact) mass is 338 g/mol. The van der Waals surface area contributed by atoms with Crippen LogP contribution in [0.2, 0.25) is 0 Å². The topological polar surface area (TPSA) is 126 Å². The molecular weight excluding hydrogens is 324 g/mol. The van der Waals surface area contributed by atoms with Gasteiger partial charge in [0.05, 0.1) is 16.7 Å². The summed E-state index contributed by atoms with van der Waals surface area (Å²) in [7, 11) is -3.98. The van der Waals surface area contributed by atoms with Crippen LogP contribution in [0, 0.1) is 6.92 Å². The van der Waals surface area contributed by atoms with E-state index in [-0.39, 0.29) is 10.6 Å². The highest BCUT2D eigenvalue weighted by atomic mass is 32.2. The summed E-state index contributed by atoms with van der Waals surface area (Å²) in [5.74, 6) is -1.30. The van der Waals surface area contributed by atoms with Crippen molar-refractivity contribution in [2.75, 3.05) is 11.9 Å². The molecule has 0 atom stereocenters. The first kappa shape index (κ1) is 16.7. The molecule has 0 aliphatic rings. The Labute approximate surface area is 132 Å². The summed E-state index contributed by atoms with van der Waals surface area (Å²) in [6.45, 7) is 0.902. The van der Waals surface area contributed by atoms with E-state index in [4.69, 9.17) is 9.52 Å². The highest BCUT2D eigenvalue weighted by Crippen LogP contribution is 2.17. The summed E-state index contributed by atoms with van der Waals surface area (Å²) in [5.41, 5.74) is 0.594. The minimum absolute atomic E-state index is 0.152. The van der Waals surface area contributed by atoms with Gasteiger partial charge in [-0.15, -0.1) is 0 Å². The van der Waals surface area contributed by atoms with Crippen LogP contribution in [0.5, 0.6) is 0 Å². The number of aliphatic carboxylic acids is 1. The minimum Gasteiger partial charge on any atom is -0.480 e. The number of carboxylic acid groups (broad SMARTS) is 1. The van der Waals surface area contributed by atoms with E-state index < -0.39 is 28.4 Å². The van der Waals surface area contributed by atoms with E-state index in [1.807, 2.05) is 4.72 Å². The summed E-state index contributed by atoms with van der Waals surface area (Å²) in [6.07, 6.45) is 1.38. The number of sulfonamides is 1. The molecule has 1 aromatic heterocycles. The van der Waals surface area contributed by atoms with Crippen LogP contribution in [0.25, 0.3) is 0 Å². The van der Waals surface area contributed by atoms with Crippen molar-refractivity contribution < 1.29 is 27.5 Å². The number of carboxylic acids is 1. The van der Waals surface area contributed by atoms with Gasteiger partial charge in [-0.05, 0) is 31.2 Å². The Hall–Kier alpha value is -2.65. The Bertz CT molecular complexity index is 840. The third-order valence-corrected chi connectivity index (χ3v) is 4.32. The molecule has 122 valence electrons. The largest absolute Gasteiger partial charge is 0.480 e. The van der Waals surface area contributed by atoms with Gasteiger partial charge in [-0.1, -0.05) is 6.07 Å². The normalized spacial score (nSPS) is 11.2. The molecule has 1 aromatic carbocycles. The number of amides is 1. The van der Waals surface area contributed by atoms with Gasteiger partial charge in [0.1, 0.15) is 12.3 Å². The number of furan rings is 1. The second kappa shape index (κ2) is 6.63. The SMILES string of the molecule is Cc1occc1C(=O)Nc1cccc(S(=O)(=O)NCC(=O)O)c1. The highest BCUT2D eigenvalue weighted by molar-refractivity contribution is 7.89. The first-order valence-corrected chi connectivity index (χ1v) is 7.95. The molecule has 0 aliphatic heterocycles. The van der Waals surface area contributed by atoms with Crippen molar-refractivity contribution in [2.45, 2.75) is 11.8 Å². The average Bonchev–Trinajstić information content (AvgIpc) is 2.92. The second-order valence-electron chi connectivity index (χ2n) is 4.59. The average molecular weight is 338 g/mol. The number of rotatable bonds is 6. The Morgan fingerprint density at radius 3 is 2.61 bits per heavy atom. The summed E-state index contributed by atoms with van der Waals surface area (Å²) in [6, 6.07) is 6.98. The molecular formula is C14H14N2O6S. The van der Waals surface area contributed by atoms with Crippen LogP contribution in [0.4, 0.5) is 5.69 Å². The lowest BCUT2D eigenvalue weighted by molar-refractivity contribution is -0.135. The lowest BCUT2D eigenvalue weighted by Gasteiger charge is -2.08. The van der Waals surface area contributed by atoms with E-state index in [2.05, 4.69) is 5.32 Å². The number of nitrogens with one attached hydrogen (secondary N) is 2. The van der Waals surface area contributed by atoms with Crippen LogP contribution in [0.3, 0.4) is 0 Å². The van der Waals surface area contributed by atoms with Crippen LogP contribution >= 0.6 is 0 Å². The van der Waals surface area contributed by atoms with Crippen LogP contribution in [0.15, 0.2) is 45.9 Å². The number of anilines is 1. The maximum Gasteiger partial charge on any atom is 0.318 e. The molecule has 0 saturated heterocycles. The van der Waals surface area contributed by atoms with E-state index in [1.165, 1.54) is 36.6 Å². The number of hydrogen-bond donors (Lipinski definition) is 3. The quantitative estimate of drug-likeness (QED) is 0.726. The molecule has 0 radical (unpaired) electrons. The zero-order valence-corrected chi connectivity index (χ0v) is 12.9. The molecule has 3 N–H and O–H groups in total. The minimum atomic E-state index is -3.98. The van der Waals surface area contributed by atoms with Gasteiger partial charge in [0.2, 0.25) is 10.0 Å². The Morgan fingerprint density at radius 1 is 1.26 bits per heavy atom. The van der Waals surface area contributed by atoms with Gasteiger partial charge in [0.25, 0.3) is 5.91 Å². The molecule has 8 nitrogen and oxygen atoms in total. The van der Waals surface area contributed by atoms with Gasteiger partial charge in [-0.2, -0.15) is 4.72 Å². The molecule has 0 bridgehead atoms. The molecule has 0 fully saturated rings. The molecule has 9 heteroatoms. The van der Waals surface area contributed by atoms with E-state index >= 15 is 0 Å². The lowest BCUT2D eigenvalue weighted by atomic mass is 10.2. The van der Waals surface area contributed by atoms with Gasteiger partial charge in [-0.3, -0.25) is 9.59 Å². The van der Waals surface area contributed by atoms with Crippen molar-refractivity contribution in [3.05, 3.63) is 47.9 Å². The number of carbonyl (C=O) groups is 2. The number of aryl methyl sites for hydroxylation is 1. The van der Waals surface area contributed by atoms with Crippen molar-refractivity contribution >= 4 is 27.6 Å². The molecule has 1 amide bonds. The van der Waals surface area contributed by atoms with Crippen molar-refractivity contribution in [1.82, 2.24) is 4.72 Å². The van der Waals surface area contributed by atoms with Crippen LogP contribution < -0.4 is 10.0 Å². The molecule has 0 aliphatic carbocycles. The smallest absolute Gasteiger partial charge is 0.318 e. The lowest BCUT2D eigenvalue weighted by Crippen LogP contribution is -2.29. The maximum atomic E-state index is 12.1. The summed E-state index contributed by atoms with van der Waals surface area (Å²) < 4.78 is 30.9. The van der Waals surface area contributed by atoms with Gasteiger partial charge < -0.3 is 14.8 Å². The standard InChI is InChI=1S/C14H14N2O6S/c1-9-12(5-6-22-9)14(19)16-10-3-2-4-11(7-10)23(20,21)15-8-13(17)18/h2-7,15H,8H2,1H3,(H,16,19)(H,17,18). The fourth-order valence-corrected chi connectivity index (χ4v) is 2.82. The molecule has 2 rings (SSSR count). The second-order valence-corrected chi connectivity index (χ2v) is 6.36. The fourth-order valence-electron chi connectivity index (χ4n) is 1.80. The maximum absolute atomic E-state index is 12.1. The Kier molecular flexibility index (Phi) is 4.82. The molecule has 0 saturated carbocycles. The van der Waals surface area contributed by atoms with Crippen LogP contribution in [0.1, 0.15) is 16.1 Å². The number of benzene rings is 1. The Balaban J connectivity index is 2.18. The van der Waals surface area contributed by atoms with Crippen LogP contribution in [-0.2, 0) is 14.8 Å².